The number of nitrogens with zero attached hydrogens (tertiary/aromatic N) is 2. The number of hydrogen-bond donors (Lipinski definition) is 2. The number of carbonyl (C=O) groups is 1. The van der Waals surface area contributed by atoms with E-state index in [0.29, 0.717) is 4.47 Å². The van der Waals surface area contributed by atoms with Crippen molar-refractivity contribution in [2.45, 2.75) is 19.2 Å². The Hall–Kier alpha value is -3.33. The Morgan fingerprint density at radius 3 is 2.73 bits per heavy atom. The highest BCUT2D eigenvalue weighted by molar-refractivity contribution is 9.10. The van der Waals surface area contributed by atoms with Crippen molar-refractivity contribution >= 4 is 33.2 Å². The van der Waals surface area contributed by atoms with Gasteiger partial charge in [-0.2, -0.15) is 22.0 Å². The molecule has 3 rings (SSSR count). The first kappa shape index (κ1) is 24.3. The number of amides is 1. The first-order valence-electron chi connectivity index (χ1n) is 9.35. The van der Waals surface area contributed by atoms with Gasteiger partial charge in [0.25, 0.3) is 5.91 Å². The number of imidazole rings is 1. The zero-order valence-electron chi connectivity index (χ0n) is 16.9. The molecule has 0 bridgehead atoms. The van der Waals surface area contributed by atoms with E-state index in [1.165, 1.54) is 29.8 Å². The number of nitrogens with one attached hydrogen (secondary N) is 2. The predicted molar refractivity (Wildman–Crippen MR) is 114 cm³/mol. The fourth-order valence-electron chi connectivity index (χ4n) is 2.96. The quantitative estimate of drug-likeness (QED) is 0.360. The van der Waals surface area contributed by atoms with Crippen LogP contribution in [0.3, 0.4) is 0 Å². The van der Waals surface area contributed by atoms with Crippen molar-refractivity contribution in [2.75, 3.05) is 18.9 Å². The van der Waals surface area contributed by atoms with Gasteiger partial charge in [-0.3, -0.25) is 4.79 Å². The zero-order chi connectivity index (χ0) is 24.2. The molecule has 0 spiro atoms. The van der Waals surface area contributed by atoms with Gasteiger partial charge in [-0.15, -0.1) is 0 Å². The highest BCUT2D eigenvalue weighted by Gasteiger charge is 2.31. The van der Waals surface area contributed by atoms with Crippen LogP contribution in [0.25, 0.3) is 5.65 Å². The van der Waals surface area contributed by atoms with Crippen molar-refractivity contribution < 1.29 is 31.5 Å². The SMILES string of the molecule is CNC(=O)c1ccc(NCC#Cc2nc3c(Br)cccn3c2CC(F)(F)F)c(OC(F)F)c1. The van der Waals surface area contributed by atoms with Crippen molar-refractivity contribution in [2.24, 2.45) is 0 Å². The summed E-state index contributed by atoms with van der Waals surface area (Å²) in [7, 11) is 1.39. The zero-order valence-corrected chi connectivity index (χ0v) is 18.5. The summed E-state index contributed by atoms with van der Waals surface area (Å²) in [6.45, 7) is -3.24. The Balaban J connectivity index is 1.86. The number of aromatic nitrogens is 2. The van der Waals surface area contributed by atoms with Gasteiger partial charge in [0.15, 0.2) is 5.65 Å². The number of ether oxygens (including phenoxy) is 1. The number of alkyl halides is 5. The molecule has 0 aliphatic heterocycles. The molecule has 0 fully saturated rings. The number of fused-ring (bicyclic) bond motifs is 1. The maximum atomic E-state index is 13.1. The van der Waals surface area contributed by atoms with E-state index >= 15 is 0 Å². The molecule has 0 unspecified atom stereocenters. The Bertz CT molecular complexity index is 1230. The van der Waals surface area contributed by atoms with Crippen LogP contribution in [0.1, 0.15) is 21.7 Å². The van der Waals surface area contributed by atoms with Crippen LogP contribution in [0.4, 0.5) is 27.6 Å². The van der Waals surface area contributed by atoms with Gasteiger partial charge in [0.1, 0.15) is 11.4 Å². The van der Waals surface area contributed by atoms with E-state index in [4.69, 9.17) is 0 Å². The van der Waals surface area contributed by atoms with Crippen LogP contribution in [0.2, 0.25) is 0 Å². The van der Waals surface area contributed by atoms with E-state index in [0.717, 1.165) is 6.07 Å². The summed E-state index contributed by atoms with van der Waals surface area (Å²) in [6.07, 6.45) is -4.24. The molecule has 12 heteroatoms. The minimum Gasteiger partial charge on any atom is -0.433 e. The van der Waals surface area contributed by atoms with Gasteiger partial charge in [0.2, 0.25) is 0 Å². The van der Waals surface area contributed by atoms with E-state index < -0.39 is 25.1 Å². The lowest BCUT2D eigenvalue weighted by Gasteiger charge is -2.12. The minimum absolute atomic E-state index is 0.0555. The third-order valence-corrected chi connectivity index (χ3v) is 4.95. The standard InChI is InChI=1S/C21H16BrF5N4O2/c1-28-19(32)12-6-7-15(17(10-12)33-20(23)24)29-8-2-5-14-16(11-21(25,26)27)31-9-3-4-13(22)18(31)30-14/h3-4,6-7,9-10,20,29H,8,11H2,1H3,(H,28,32). The van der Waals surface area contributed by atoms with Gasteiger partial charge in [0, 0.05) is 18.8 Å². The van der Waals surface area contributed by atoms with E-state index in [2.05, 4.69) is 48.1 Å². The Morgan fingerprint density at radius 1 is 1.30 bits per heavy atom. The number of benzene rings is 1. The Morgan fingerprint density at radius 2 is 2.06 bits per heavy atom. The third-order valence-electron chi connectivity index (χ3n) is 4.33. The summed E-state index contributed by atoms with van der Waals surface area (Å²) < 4.78 is 71.0. The van der Waals surface area contributed by atoms with Crippen molar-refractivity contribution in [1.82, 2.24) is 14.7 Å². The lowest BCUT2D eigenvalue weighted by molar-refractivity contribution is -0.128. The fraction of sp³-hybridized carbons (Fsp3) is 0.238. The monoisotopic (exact) mass is 530 g/mol. The van der Waals surface area contributed by atoms with Crippen molar-refractivity contribution in [3.63, 3.8) is 0 Å². The Kier molecular flexibility index (Phi) is 7.43. The van der Waals surface area contributed by atoms with Gasteiger partial charge in [-0.1, -0.05) is 5.92 Å². The van der Waals surface area contributed by atoms with Gasteiger partial charge in [0.05, 0.1) is 28.8 Å². The van der Waals surface area contributed by atoms with E-state index in [1.807, 2.05) is 0 Å². The van der Waals surface area contributed by atoms with Gasteiger partial charge >= 0.3 is 12.8 Å². The normalized spacial score (nSPS) is 11.3. The minimum atomic E-state index is -4.47. The Labute approximate surface area is 193 Å². The van der Waals surface area contributed by atoms with Crippen LogP contribution >= 0.6 is 15.9 Å². The summed E-state index contributed by atoms with van der Waals surface area (Å²) >= 11 is 3.26. The topological polar surface area (TPSA) is 67.7 Å². The van der Waals surface area contributed by atoms with Crippen LogP contribution in [0.15, 0.2) is 41.0 Å². The van der Waals surface area contributed by atoms with E-state index in [9.17, 15) is 26.7 Å². The summed E-state index contributed by atoms with van der Waals surface area (Å²) in [6, 6.07) is 7.12. The fourth-order valence-corrected chi connectivity index (χ4v) is 3.39. The molecule has 174 valence electrons. The van der Waals surface area contributed by atoms with Crippen molar-refractivity contribution in [3.05, 3.63) is 58.0 Å². The van der Waals surface area contributed by atoms with Crippen LogP contribution < -0.4 is 15.4 Å². The van der Waals surface area contributed by atoms with Gasteiger partial charge in [-0.25, -0.2) is 4.98 Å². The van der Waals surface area contributed by atoms with Crippen LogP contribution in [0.5, 0.6) is 5.75 Å². The number of hydrogen-bond acceptors (Lipinski definition) is 4. The molecule has 2 N–H and O–H groups in total. The molecule has 1 amide bonds. The summed E-state index contributed by atoms with van der Waals surface area (Å²) in [5.41, 5.74) is 0.344. The summed E-state index contributed by atoms with van der Waals surface area (Å²) in [5, 5.41) is 5.13. The first-order chi connectivity index (χ1) is 15.6. The number of rotatable bonds is 6. The number of anilines is 1. The molecule has 0 aliphatic rings. The molecular weight excluding hydrogens is 515 g/mol. The predicted octanol–water partition coefficient (Wildman–Crippen LogP) is 4.63. The average Bonchev–Trinajstić information content (AvgIpc) is 3.08. The molecule has 2 aromatic heterocycles. The lowest BCUT2D eigenvalue weighted by Crippen LogP contribution is -2.18. The van der Waals surface area contributed by atoms with Crippen LogP contribution in [-0.2, 0) is 6.42 Å². The molecule has 6 nitrogen and oxygen atoms in total. The third kappa shape index (κ3) is 6.13. The van der Waals surface area contributed by atoms with Crippen LogP contribution in [-0.4, -0.2) is 41.7 Å². The number of carbonyl (C=O) groups excluding carboxylic acids is 1. The molecule has 2 heterocycles. The maximum Gasteiger partial charge on any atom is 0.394 e. The van der Waals surface area contributed by atoms with Crippen LogP contribution in [0, 0.1) is 11.8 Å². The molecule has 0 radical (unpaired) electrons. The molecule has 1 aromatic carbocycles. The summed E-state index contributed by atoms with van der Waals surface area (Å²) in [5.74, 6) is 4.48. The highest BCUT2D eigenvalue weighted by atomic mass is 79.9. The van der Waals surface area contributed by atoms with E-state index in [-0.39, 0.29) is 40.6 Å². The summed E-state index contributed by atoms with van der Waals surface area (Å²) in [4.78, 5) is 15.9. The smallest absolute Gasteiger partial charge is 0.394 e. The lowest BCUT2D eigenvalue weighted by atomic mass is 10.1. The molecule has 0 aliphatic carbocycles. The second-order valence-electron chi connectivity index (χ2n) is 6.57. The molecule has 0 saturated heterocycles. The second kappa shape index (κ2) is 10.1. The molecule has 33 heavy (non-hydrogen) atoms. The van der Waals surface area contributed by atoms with Gasteiger partial charge < -0.3 is 19.8 Å². The molecule has 0 saturated carbocycles. The molecule has 0 atom stereocenters. The van der Waals surface area contributed by atoms with Crippen molar-refractivity contribution in [3.8, 4) is 17.6 Å². The largest absolute Gasteiger partial charge is 0.433 e. The highest BCUT2D eigenvalue weighted by Crippen LogP contribution is 2.28. The first-order valence-corrected chi connectivity index (χ1v) is 10.1. The molecule has 3 aromatic rings. The average molecular weight is 531 g/mol. The van der Waals surface area contributed by atoms with Crippen molar-refractivity contribution in [1.29, 1.82) is 0 Å². The molecular formula is C21H16BrF5N4O2. The number of pyridine rings is 1. The number of halogens is 6. The van der Waals surface area contributed by atoms with Gasteiger partial charge in [-0.05, 0) is 52.2 Å². The van der Waals surface area contributed by atoms with E-state index in [1.54, 1.807) is 12.1 Å². The maximum absolute atomic E-state index is 13.1. The second-order valence-corrected chi connectivity index (χ2v) is 7.43.